The fourth-order valence-electron chi connectivity index (χ4n) is 1.96. The van der Waals surface area contributed by atoms with Crippen molar-refractivity contribution in [2.45, 2.75) is 6.42 Å². The predicted octanol–water partition coefficient (Wildman–Crippen LogP) is 2.20. The molecule has 0 fully saturated rings. The first-order chi connectivity index (χ1) is 10.8. The number of hydrogen-bond acceptors (Lipinski definition) is 6. The van der Waals surface area contributed by atoms with Crippen LogP contribution in [0.15, 0.2) is 36.7 Å². The molecule has 6 heteroatoms. The van der Waals surface area contributed by atoms with E-state index in [2.05, 4.69) is 32.7 Å². The first-order valence-electron chi connectivity index (χ1n) is 7.23. The third kappa shape index (κ3) is 5.21. The Morgan fingerprint density at radius 1 is 0.955 bits per heavy atom. The van der Waals surface area contributed by atoms with Crippen LogP contribution in [0.4, 0.5) is 11.6 Å². The molecule has 0 amide bonds. The summed E-state index contributed by atoms with van der Waals surface area (Å²) >= 11 is 0. The number of rotatable bonds is 9. The highest BCUT2D eigenvalue weighted by atomic mass is 16.5. The smallest absolute Gasteiger partial charge is 0.131 e. The van der Waals surface area contributed by atoms with Crippen LogP contribution in [0.2, 0.25) is 0 Å². The normalized spacial score (nSPS) is 10.3. The lowest BCUT2D eigenvalue weighted by Gasteiger charge is -2.08. The van der Waals surface area contributed by atoms with Gasteiger partial charge in [0, 0.05) is 26.3 Å². The molecule has 0 radical (unpaired) electrons. The van der Waals surface area contributed by atoms with Crippen LogP contribution in [-0.2, 0) is 11.2 Å². The highest BCUT2D eigenvalue weighted by Gasteiger charge is 1.99. The topological polar surface area (TPSA) is 68.3 Å². The molecular weight excluding hydrogens is 280 g/mol. The number of nitrogens with one attached hydrogen (secondary N) is 2. The number of benzene rings is 1. The summed E-state index contributed by atoms with van der Waals surface area (Å²) in [6, 6.07) is 9.97. The molecule has 2 aromatic rings. The summed E-state index contributed by atoms with van der Waals surface area (Å²) < 4.78 is 10.1. The SMILES string of the molecule is COCCNc1cc(NCCc2ccc(OC)cc2)ncn1. The van der Waals surface area contributed by atoms with Crippen LogP contribution in [0.3, 0.4) is 0 Å². The molecule has 0 unspecified atom stereocenters. The zero-order chi connectivity index (χ0) is 15.6. The molecule has 1 aromatic heterocycles. The van der Waals surface area contributed by atoms with Crippen molar-refractivity contribution >= 4 is 11.6 Å². The molecule has 2 N–H and O–H groups in total. The molecule has 118 valence electrons. The quantitative estimate of drug-likeness (QED) is 0.692. The third-order valence-corrected chi connectivity index (χ3v) is 3.16. The highest BCUT2D eigenvalue weighted by Crippen LogP contribution is 2.12. The molecule has 0 aliphatic heterocycles. The molecule has 22 heavy (non-hydrogen) atoms. The van der Waals surface area contributed by atoms with Crippen molar-refractivity contribution in [3.8, 4) is 5.75 Å². The van der Waals surface area contributed by atoms with Crippen LogP contribution in [0.25, 0.3) is 0 Å². The number of hydrogen-bond donors (Lipinski definition) is 2. The average Bonchev–Trinajstić information content (AvgIpc) is 2.56. The van der Waals surface area contributed by atoms with Gasteiger partial charge >= 0.3 is 0 Å². The molecule has 0 bridgehead atoms. The summed E-state index contributed by atoms with van der Waals surface area (Å²) in [7, 11) is 3.34. The largest absolute Gasteiger partial charge is 0.497 e. The number of ether oxygens (including phenoxy) is 2. The molecule has 0 saturated carbocycles. The molecule has 0 aliphatic rings. The zero-order valence-electron chi connectivity index (χ0n) is 13.0. The van der Waals surface area contributed by atoms with E-state index in [1.807, 2.05) is 18.2 Å². The maximum absolute atomic E-state index is 5.15. The number of anilines is 2. The van der Waals surface area contributed by atoms with Crippen LogP contribution in [0.5, 0.6) is 5.75 Å². The summed E-state index contributed by atoms with van der Waals surface area (Å²) in [6.07, 6.45) is 2.46. The van der Waals surface area contributed by atoms with Gasteiger partial charge in [-0.25, -0.2) is 9.97 Å². The summed E-state index contributed by atoms with van der Waals surface area (Å²) in [5.74, 6) is 2.47. The monoisotopic (exact) mass is 302 g/mol. The second kappa shape index (κ2) is 8.84. The minimum atomic E-state index is 0.643. The lowest BCUT2D eigenvalue weighted by atomic mass is 10.1. The van der Waals surface area contributed by atoms with Crippen LogP contribution < -0.4 is 15.4 Å². The Bertz CT molecular complexity index is 560. The molecule has 0 atom stereocenters. The zero-order valence-corrected chi connectivity index (χ0v) is 13.0. The number of methoxy groups -OCH3 is 2. The lowest BCUT2D eigenvalue weighted by Crippen LogP contribution is -2.10. The van der Waals surface area contributed by atoms with Crippen LogP contribution in [0, 0.1) is 0 Å². The maximum atomic E-state index is 5.15. The van der Waals surface area contributed by atoms with Gasteiger partial charge in [0.25, 0.3) is 0 Å². The van der Waals surface area contributed by atoms with Crippen molar-refractivity contribution in [1.29, 1.82) is 0 Å². The van der Waals surface area contributed by atoms with Crippen molar-refractivity contribution in [2.75, 3.05) is 44.5 Å². The van der Waals surface area contributed by atoms with Gasteiger partial charge in [-0.2, -0.15) is 0 Å². The molecule has 0 spiro atoms. The third-order valence-electron chi connectivity index (χ3n) is 3.16. The fourth-order valence-corrected chi connectivity index (χ4v) is 1.96. The van der Waals surface area contributed by atoms with Gasteiger partial charge in [0.1, 0.15) is 23.7 Å². The minimum Gasteiger partial charge on any atom is -0.497 e. The second-order valence-corrected chi connectivity index (χ2v) is 4.73. The van der Waals surface area contributed by atoms with Crippen molar-refractivity contribution in [2.24, 2.45) is 0 Å². The van der Waals surface area contributed by atoms with Crippen LogP contribution in [0.1, 0.15) is 5.56 Å². The predicted molar refractivity (Wildman–Crippen MR) is 87.6 cm³/mol. The molecule has 2 rings (SSSR count). The van der Waals surface area contributed by atoms with E-state index in [1.54, 1.807) is 20.5 Å². The van der Waals surface area contributed by atoms with Gasteiger partial charge in [0.2, 0.25) is 0 Å². The Morgan fingerprint density at radius 2 is 1.64 bits per heavy atom. The Labute approximate surface area is 130 Å². The average molecular weight is 302 g/mol. The second-order valence-electron chi connectivity index (χ2n) is 4.73. The standard InChI is InChI=1S/C16H22N4O2/c1-21-10-9-18-16-11-15(19-12-20-16)17-8-7-13-3-5-14(22-2)6-4-13/h3-6,11-12H,7-10H2,1-2H3,(H2,17,18,19,20). The Hall–Kier alpha value is -2.34. The summed E-state index contributed by atoms with van der Waals surface area (Å²) in [6.45, 7) is 2.17. The molecule has 0 aliphatic carbocycles. The highest BCUT2D eigenvalue weighted by molar-refractivity contribution is 5.46. The van der Waals surface area contributed by atoms with Gasteiger partial charge in [0.05, 0.1) is 13.7 Å². The van der Waals surface area contributed by atoms with E-state index in [4.69, 9.17) is 9.47 Å². The van der Waals surface area contributed by atoms with Gasteiger partial charge < -0.3 is 20.1 Å². The van der Waals surface area contributed by atoms with Crippen LogP contribution in [-0.4, -0.2) is 43.9 Å². The molecular formula is C16H22N4O2. The first-order valence-corrected chi connectivity index (χ1v) is 7.23. The van der Waals surface area contributed by atoms with Gasteiger partial charge in [-0.05, 0) is 24.1 Å². The molecule has 6 nitrogen and oxygen atoms in total. The van der Waals surface area contributed by atoms with Crippen LogP contribution >= 0.6 is 0 Å². The van der Waals surface area contributed by atoms with E-state index in [0.717, 1.165) is 36.9 Å². The Balaban J connectivity index is 1.79. The maximum Gasteiger partial charge on any atom is 0.131 e. The van der Waals surface area contributed by atoms with E-state index in [-0.39, 0.29) is 0 Å². The summed E-state index contributed by atoms with van der Waals surface area (Å²) in [5.41, 5.74) is 1.25. The lowest BCUT2D eigenvalue weighted by molar-refractivity contribution is 0.210. The van der Waals surface area contributed by atoms with E-state index in [9.17, 15) is 0 Å². The molecule has 0 saturated heterocycles. The fraction of sp³-hybridized carbons (Fsp3) is 0.375. The van der Waals surface area contributed by atoms with E-state index < -0.39 is 0 Å². The van der Waals surface area contributed by atoms with Crippen molar-refractivity contribution in [1.82, 2.24) is 9.97 Å². The Morgan fingerprint density at radius 3 is 2.27 bits per heavy atom. The summed E-state index contributed by atoms with van der Waals surface area (Å²) in [4.78, 5) is 8.38. The summed E-state index contributed by atoms with van der Waals surface area (Å²) in [5, 5.41) is 6.48. The van der Waals surface area contributed by atoms with Gasteiger partial charge in [-0.15, -0.1) is 0 Å². The minimum absolute atomic E-state index is 0.643. The van der Waals surface area contributed by atoms with E-state index >= 15 is 0 Å². The number of aromatic nitrogens is 2. The molecule has 1 aromatic carbocycles. The van der Waals surface area contributed by atoms with Gasteiger partial charge in [-0.1, -0.05) is 12.1 Å². The van der Waals surface area contributed by atoms with Crippen molar-refractivity contribution < 1.29 is 9.47 Å². The first kappa shape index (κ1) is 16.0. The van der Waals surface area contributed by atoms with Gasteiger partial charge in [0.15, 0.2) is 0 Å². The van der Waals surface area contributed by atoms with Crippen molar-refractivity contribution in [3.63, 3.8) is 0 Å². The van der Waals surface area contributed by atoms with Crippen molar-refractivity contribution in [3.05, 3.63) is 42.2 Å². The number of nitrogens with zero attached hydrogens (tertiary/aromatic N) is 2. The molecule has 1 heterocycles. The van der Waals surface area contributed by atoms with E-state index in [1.165, 1.54) is 5.56 Å². The van der Waals surface area contributed by atoms with E-state index in [0.29, 0.717) is 6.61 Å². The Kier molecular flexibility index (Phi) is 6.44. The van der Waals surface area contributed by atoms with Gasteiger partial charge in [-0.3, -0.25) is 0 Å².